The van der Waals surface area contributed by atoms with Crippen LogP contribution in [0, 0.1) is 0 Å². The van der Waals surface area contributed by atoms with Gasteiger partial charge in [0.1, 0.15) is 11.5 Å². The van der Waals surface area contributed by atoms with E-state index in [4.69, 9.17) is 9.47 Å². The molecule has 0 bridgehead atoms. The summed E-state index contributed by atoms with van der Waals surface area (Å²) in [6.45, 7) is 0.652. The van der Waals surface area contributed by atoms with Gasteiger partial charge in [-0.25, -0.2) is 4.79 Å². The predicted octanol–water partition coefficient (Wildman–Crippen LogP) is 4.74. The molecule has 0 fully saturated rings. The van der Waals surface area contributed by atoms with Crippen molar-refractivity contribution in [1.82, 2.24) is 4.98 Å². The number of aromatic hydroxyl groups is 1. The summed E-state index contributed by atoms with van der Waals surface area (Å²) >= 11 is 0. The van der Waals surface area contributed by atoms with Gasteiger partial charge in [0.05, 0.1) is 19.3 Å². The maximum atomic E-state index is 12.0. The van der Waals surface area contributed by atoms with Crippen LogP contribution < -0.4 is 4.74 Å². The van der Waals surface area contributed by atoms with Crippen LogP contribution in [0.15, 0.2) is 60.9 Å². The van der Waals surface area contributed by atoms with E-state index in [1.165, 1.54) is 12.7 Å². The van der Waals surface area contributed by atoms with Gasteiger partial charge in [0.15, 0.2) is 0 Å². The van der Waals surface area contributed by atoms with Crippen LogP contribution in [0.4, 0.5) is 0 Å². The minimum absolute atomic E-state index is 0.256. The molecule has 2 heterocycles. The topological polar surface area (TPSA) is 68.7 Å². The largest absolute Gasteiger partial charge is 0.507 e. The molecule has 29 heavy (non-hydrogen) atoms. The third kappa shape index (κ3) is 3.94. The summed E-state index contributed by atoms with van der Waals surface area (Å²) in [6, 6.07) is 15.1. The molecule has 0 saturated carbocycles. The third-order valence-corrected chi connectivity index (χ3v) is 5.46. The molecule has 0 amide bonds. The normalized spacial score (nSPS) is 15.3. The van der Waals surface area contributed by atoms with Crippen LogP contribution in [0.3, 0.4) is 0 Å². The summed E-state index contributed by atoms with van der Waals surface area (Å²) in [5.41, 5.74) is 4.36. The van der Waals surface area contributed by atoms with Crippen LogP contribution in [-0.4, -0.2) is 29.8 Å². The molecule has 0 saturated heterocycles. The van der Waals surface area contributed by atoms with Gasteiger partial charge in [-0.05, 0) is 60.1 Å². The molecular weight excluding hydrogens is 366 g/mol. The molecule has 1 N–H and O–H groups in total. The van der Waals surface area contributed by atoms with Crippen molar-refractivity contribution in [3.8, 4) is 22.6 Å². The number of methoxy groups -OCH3 is 1. The van der Waals surface area contributed by atoms with E-state index in [0.29, 0.717) is 18.1 Å². The van der Waals surface area contributed by atoms with Crippen molar-refractivity contribution in [2.45, 2.75) is 25.2 Å². The number of benzene rings is 2. The number of phenols is 1. The molecule has 2 aromatic carbocycles. The lowest BCUT2D eigenvalue weighted by atomic mass is 9.86. The van der Waals surface area contributed by atoms with Crippen molar-refractivity contribution < 1.29 is 19.4 Å². The molecule has 148 valence electrons. The maximum Gasteiger partial charge on any atom is 0.338 e. The first-order chi connectivity index (χ1) is 14.2. The number of fused-ring (bicyclic) bond motifs is 1. The molecule has 1 aliphatic heterocycles. The molecule has 5 nitrogen and oxygen atoms in total. The summed E-state index contributed by atoms with van der Waals surface area (Å²) in [5.74, 6) is 1.12. The summed E-state index contributed by atoms with van der Waals surface area (Å²) < 4.78 is 10.8. The van der Waals surface area contributed by atoms with Gasteiger partial charge >= 0.3 is 5.97 Å². The van der Waals surface area contributed by atoms with Crippen molar-refractivity contribution >= 4 is 5.97 Å². The van der Waals surface area contributed by atoms with E-state index in [2.05, 4.69) is 11.1 Å². The summed E-state index contributed by atoms with van der Waals surface area (Å²) in [5, 5.41) is 10.1. The molecule has 1 aromatic heterocycles. The number of hydrogen-bond acceptors (Lipinski definition) is 5. The van der Waals surface area contributed by atoms with E-state index in [9.17, 15) is 9.90 Å². The van der Waals surface area contributed by atoms with E-state index < -0.39 is 0 Å². The monoisotopic (exact) mass is 389 g/mol. The number of para-hydroxylation sites is 1. The highest BCUT2D eigenvalue weighted by atomic mass is 16.5. The zero-order chi connectivity index (χ0) is 20.2. The number of nitrogens with zero attached hydrogens (tertiary/aromatic N) is 1. The van der Waals surface area contributed by atoms with Gasteiger partial charge in [-0.15, -0.1) is 0 Å². The van der Waals surface area contributed by atoms with Crippen molar-refractivity contribution in [2.24, 2.45) is 0 Å². The van der Waals surface area contributed by atoms with E-state index in [-0.39, 0.29) is 11.7 Å². The average Bonchev–Trinajstić information content (AvgIpc) is 2.77. The maximum absolute atomic E-state index is 12.0. The molecule has 0 unspecified atom stereocenters. The number of carbonyl (C=O) groups is 1. The van der Waals surface area contributed by atoms with Crippen LogP contribution in [0.25, 0.3) is 11.1 Å². The SMILES string of the molecule is COC(=O)c1ccncc1CC[C@@H]1CCOc2cc(-c3ccccc3O)ccc21. The smallest absolute Gasteiger partial charge is 0.338 e. The van der Waals surface area contributed by atoms with Crippen molar-refractivity contribution in [2.75, 3.05) is 13.7 Å². The average molecular weight is 389 g/mol. The summed E-state index contributed by atoms with van der Waals surface area (Å²) in [4.78, 5) is 16.2. The molecule has 1 atom stereocenters. The van der Waals surface area contributed by atoms with Crippen LogP contribution in [-0.2, 0) is 11.2 Å². The highest BCUT2D eigenvalue weighted by Crippen LogP contribution is 2.40. The molecular formula is C24H23NO4. The Morgan fingerprint density at radius 1 is 1.24 bits per heavy atom. The Morgan fingerprint density at radius 2 is 2.10 bits per heavy atom. The van der Waals surface area contributed by atoms with Gasteiger partial charge in [-0.3, -0.25) is 4.98 Å². The number of phenolic OH excluding ortho intramolecular Hbond substituents is 1. The number of carbonyl (C=O) groups excluding carboxylic acids is 1. The molecule has 1 aliphatic rings. The molecule has 0 aliphatic carbocycles. The number of aryl methyl sites for hydroxylation is 1. The molecule has 5 heteroatoms. The van der Waals surface area contributed by atoms with E-state index >= 15 is 0 Å². The van der Waals surface area contributed by atoms with Gasteiger partial charge < -0.3 is 14.6 Å². The van der Waals surface area contributed by atoms with Crippen LogP contribution >= 0.6 is 0 Å². The minimum atomic E-state index is -0.331. The lowest BCUT2D eigenvalue weighted by Gasteiger charge is -2.26. The van der Waals surface area contributed by atoms with Gasteiger partial charge in [0, 0.05) is 18.0 Å². The zero-order valence-corrected chi connectivity index (χ0v) is 16.3. The lowest BCUT2D eigenvalue weighted by molar-refractivity contribution is 0.0599. The number of pyridine rings is 1. The quantitative estimate of drug-likeness (QED) is 0.639. The Labute approximate surface area is 169 Å². The number of rotatable bonds is 5. The fourth-order valence-electron chi connectivity index (χ4n) is 3.91. The predicted molar refractivity (Wildman–Crippen MR) is 110 cm³/mol. The molecule has 4 rings (SSSR count). The highest BCUT2D eigenvalue weighted by molar-refractivity contribution is 5.90. The number of hydrogen-bond donors (Lipinski definition) is 1. The van der Waals surface area contributed by atoms with Gasteiger partial charge in [-0.1, -0.05) is 30.3 Å². The standard InChI is InChI=1S/C24H23NO4/c1-28-24(27)21-10-12-25-15-18(21)7-6-16-11-13-29-23-14-17(8-9-20(16)23)19-4-2-3-5-22(19)26/h2-5,8-10,12,14-16,26H,6-7,11,13H2,1H3/t16-/m1/s1. The highest BCUT2D eigenvalue weighted by Gasteiger charge is 2.23. The Hall–Kier alpha value is -3.34. The fourth-order valence-corrected chi connectivity index (χ4v) is 3.91. The Kier molecular flexibility index (Phi) is 5.47. The van der Waals surface area contributed by atoms with E-state index in [1.807, 2.05) is 30.3 Å². The van der Waals surface area contributed by atoms with Gasteiger partial charge in [0.2, 0.25) is 0 Å². The minimum Gasteiger partial charge on any atom is -0.507 e. The third-order valence-electron chi connectivity index (χ3n) is 5.46. The second kappa shape index (κ2) is 8.35. The van der Waals surface area contributed by atoms with Crippen molar-refractivity contribution in [3.63, 3.8) is 0 Å². The lowest BCUT2D eigenvalue weighted by Crippen LogP contribution is -2.15. The number of aromatic nitrogens is 1. The van der Waals surface area contributed by atoms with Crippen LogP contribution in [0.5, 0.6) is 11.5 Å². The van der Waals surface area contributed by atoms with Gasteiger partial charge in [0.25, 0.3) is 0 Å². The molecule has 0 spiro atoms. The Balaban J connectivity index is 1.55. The fraction of sp³-hybridized carbons (Fsp3) is 0.250. The first-order valence-electron chi connectivity index (χ1n) is 9.73. The number of ether oxygens (including phenoxy) is 2. The zero-order valence-electron chi connectivity index (χ0n) is 16.3. The Morgan fingerprint density at radius 3 is 2.93 bits per heavy atom. The second-order valence-electron chi connectivity index (χ2n) is 7.17. The second-order valence-corrected chi connectivity index (χ2v) is 7.17. The van der Waals surface area contributed by atoms with E-state index in [0.717, 1.165) is 41.7 Å². The Bertz CT molecular complexity index is 1030. The molecule has 0 radical (unpaired) electrons. The van der Waals surface area contributed by atoms with E-state index in [1.54, 1.807) is 24.5 Å². The van der Waals surface area contributed by atoms with Gasteiger partial charge in [-0.2, -0.15) is 0 Å². The number of esters is 1. The van der Waals surface area contributed by atoms with Crippen LogP contribution in [0.1, 0.15) is 40.2 Å². The van der Waals surface area contributed by atoms with Crippen LogP contribution in [0.2, 0.25) is 0 Å². The van der Waals surface area contributed by atoms with Crippen molar-refractivity contribution in [1.29, 1.82) is 0 Å². The summed E-state index contributed by atoms with van der Waals surface area (Å²) in [6.07, 6.45) is 5.91. The first-order valence-corrected chi connectivity index (χ1v) is 9.73. The summed E-state index contributed by atoms with van der Waals surface area (Å²) in [7, 11) is 1.39. The first kappa shape index (κ1) is 19.0. The molecule has 3 aromatic rings. The van der Waals surface area contributed by atoms with Crippen molar-refractivity contribution in [3.05, 3.63) is 77.6 Å².